The van der Waals surface area contributed by atoms with Gasteiger partial charge in [0.25, 0.3) is 11.8 Å². The van der Waals surface area contributed by atoms with Crippen molar-refractivity contribution in [2.75, 3.05) is 6.61 Å². The third-order valence-corrected chi connectivity index (χ3v) is 4.75. The van der Waals surface area contributed by atoms with E-state index in [0.29, 0.717) is 18.7 Å². The van der Waals surface area contributed by atoms with Gasteiger partial charge in [-0.25, -0.2) is 4.79 Å². The monoisotopic (exact) mass is 389 g/mol. The molecule has 4 rings (SSSR count). The second-order valence-corrected chi connectivity index (χ2v) is 6.70. The number of aromatic nitrogens is 1. The van der Waals surface area contributed by atoms with Crippen LogP contribution in [-0.4, -0.2) is 29.0 Å². The van der Waals surface area contributed by atoms with Crippen molar-refractivity contribution < 1.29 is 19.1 Å². The van der Waals surface area contributed by atoms with Crippen LogP contribution in [0, 0.1) is 6.92 Å². The van der Waals surface area contributed by atoms with Crippen LogP contribution in [0.3, 0.4) is 0 Å². The number of imide groups is 2. The van der Waals surface area contributed by atoms with Crippen LogP contribution in [0.25, 0.3) is 17.0 Å². The van der Waals surface area contributed by atoms with Gasteiger partial charge in [-0.1, -0.05) is 36.4 Å². The highest BCUT2D eigenvalue weighted by Crippen LogP contribution is 2.24. The minimum Gasteiger partial charge on any atom is -0.491 e. The van der Waals surface area contributed by atoms with Gasteiger partial charge in [-0.2, -0.15) is 0 Å². The molecule has 2 N–H and O–H groups in total. The molecule has 0 atom stereocenters. The molecule has 0 aliphatic carbocycles. The summed E-state index contributed by atoms with van der Waals surface area (Å²) in [6, 6.07) is 14.7. The average Bonchev–Trinajstić information content (AvgIpc) is 3.04. The Morgan fingerprint density at radius 2 is 1.66 bits per heavy atom. The summed E-state index contributed by atoms with van der Waals surface area (Å²) in [5.74, 6) is -0.580. The number of barbiturate groups is 1. The van der Waals surface area contributed by atoms with E-state index in [1.54, 1.807) is 0 Å². The number of hydrogen-bond acceptors (Lipinski definition) is 4. The molecule has 0 unspecified atom stereocenters. The van der Waals surface area contributed by atoms with Gasteiger partial charge in [0.05, 0.1) is 6.54 Å². The molecule has 0 radical (unpaired) electrons. The number of para-hydroxylation sites is 2. The lowest BCUT2D eigenvalue weighted by atomic mass is 10.1. The summed E-state index contributed by atoms with van der Waals surface area (Å²) in [6.07, 6.45) is 3.37. The number of rotatable bonds is 5. The molecule has 1 aliphatic heterocycles. The summed E-state index contributed by atoms with van der Waals surface area (Å²) >= 11 is 0. The number of ether oxygens (including phenoxy) is 1. The number of aryl methyl sites for hydroxylation is 1. The summed E-state index contributed by atoms with van der Waals surface area (Å²) in [6.45, 7) is 3.06. The summed E-state index contributed by atoms with van der Waals surface area (Å²) in [7, 11) is 0. The van der Waals surface area contributed by atoms with Crippen molar-refractivity contribution in [3.05, 3.63) is 71.4 Å². The van der Waals surface area contributed by atoms with Crippen LogP contribution in [0.2, 0.25) is 0 Å². The Morgan fingerprint density at radius 1 is 0.966 bits per heavy atom. The fourth-order valence-corrected chi connectivity index (χ4v) is 3.31. The van der Waals surface area contributed by atoms with E-state index in [1.165, 1.54) is 6.08 Å². The van der Waals surface area contributed by atoms with Crippen molar-refractivity contribution in [1.29, 1.82) is 0 Å². The van der Waals surface area contributed by atoms with Crippen LogP contribution in [0.15, 0.2) is 60.3 Å². The lowest BCUT2D eigenvalue weighted by molar-refractivity contribution is -0.123. The van der Waals surface area contributed by atoms with Gasteiger partial charge < -0.3 is 9.30 Å². The number of carbonyl (C=O) groups is 3. The van der Waals surface area contributed by atoms with Crippen LogP contribution in [-0.2, 0) is 16.1 Å². The molecular weight excluding hydrogens is 370 g/mol. The topological polar surface area (TPSA) is 89.4 Å². The zero-order chi connectivity index (χ0) is 20.4. The summed E-state index contributed by atoms with van der Waals surface area (Å²) in [5.41, 5.74) is 2.63. The Hall–Kier alpha value is -3.87. The molecule has 0 spiro atoms. The van der Waals surface area contributed by atoms with Crippen LogP contribution in [0.5, 0.6) is 5.75 Å². The maximum Gasteiger partial charge on any atom is 0.328 e. The molecule has 2 heterocycles. The predicted octanol–water partition coefficient (Wildman–Crippen LogP) is 2.78. The molecule has 4 amide bonds. The average molecular weight is 389 g/mol. The Bertz CT molecular complexity index is 1140. The molecule has 0 saturated carbocycles. The van der Waals surface area contributed by atoms with Crippen LogP contribution >= 0.6 is 0 Å². The summed E-state index contributed by atoms with van der Waals surface area (Å²) < 4.78 is 7.91. The molecule has 1 fully saturated rings. The highest BCUT2D eigenvalue weighted by atomic mass is 16.5. The van der Waals surface area contributed by atoms with Gasteiger partial charge in [0, 0.05) is 22.7 Å². The van der Waals surface area contributed by atoms with Crippen molar-refractivity contribution in [1.82, 2.24) is 15.2 Å². The smallest absolute Gasteiger partial charge is 0.328 e. The first kappa shape index (κ1) is 18.5. The van der Waals surface area contributed by atoms with Crippen LogP contribution < -0.4 is 15.4 Å². The first-order chi connectivity index (χ1) is 14.0. The summed E-state index contributed by atoms with van der Waals surface area (Å²) in [4.78, 5) is 35.3. The molecular formula is C22H19N3O4. The predicted molar refractivity (Wildman–Crippen MR) is 108 cm³/mol. The fraction of sp³-hybridized carbons (Fsp3) is 0.136. The SMILES string of the molecule is Cc1ccccc1OCCn1cc(C=C2C(=O)NC(=O)NC2=O)c2ccccc21. The number of nitrogens with zero attached hydrogens (tertiary/aromatic N) is 1. The van der Waals surface area contributed by atoms with E-state index >= 15 is 0 Å². The number of benzene rings is 2. The third-order valence-electron chi connectivity index (χ3n) is 4.75. The van der Waals surface area contributed by atoms with E-state index in [4.69, 9.17) is 4.74 Å². The van der Waals surface area contributed by atoms with Gasteiger partial charge in [0.1, 0.15) is 17.9 Å². The van der Waals surface area contributed by atoms with Crippen LogP contribution in [0.4, 0.5) is 4.79 Å². The number of fused-ring (bicyclic) bond motifs is 1. The van der Waals surface area contributed by atoms with E-state index in [-0.39, 0.29) is 5.57 Å². The van der Waals surface area contributed by atoms with Crippen molar-refractivity contribution in [2.45, 2.75) is 13.5 Å². The van der Waals surface area contributed by atoms with Gasteiger partial charge >= 0.3 is 6.03 Å². The number of carbonyl (C=O) groups excluding carboxylic acids is 3. The zero-order valence-electron chi connectivity index (χ0n) is 15.8. The molecule has 1 aromatic heterocycles. The largest absolute Gasteiger partial charge is 0.491 e. The van der Waals surface area contributed by atoms with E-state index in [2.05, 4.69) is 10.6 Å². The number of hydrogen-bond donors (Lipinski definition) is 2. The molecule has 0 bridgehead atoms. The Kier molecular flexibility index (Phi) is 4.87. The zero-order valence-corrected chi connectivity index (χ0v) is 15.8. The van der Waals surface area contributed by atoms with Crippen molar-refractivity contribution >= 4 is 34.8 Å². The molecule has 3 aromatic rings. The van der Waals surface area contributed by atoms with Gasteiger partial charge in [-0.05, 0) is 30.7 Å². The maximum atomic E-state index is 12.0. The molecule has 7 heteroatoms. The molecule has 29 heavy (non-hydrogen) atoms. The minimum atomic E-state index is -0.812. The molecule has 2 aromatic carbocycles. The van der Waals surface area contributed by atoms with E-state index in [1.807, 2.05) is 66.2 Å². The van der Waals surface area contributed by atoms with Gasteiger partial charge in [0.15, 0.2) is 0 Å². The van der Waals surface area contributed by atoms with Crippen molar-refractivity contribution in [3.8, 4) is 5.75 Å². The van der Waals surface area contributed by atoms with Gasteiger partial charge in [-0.15, -0.1) is 0 Å². The maximum absolute atomic E-state index is 12.0. The van der Waals surface area contributed by atoms with E-state index in [9.17, 15) is 14.4 Å². The minimum absolute atomic E-state index is 0.108. The second kappa shape index (κ2) is 7.63. The highest BCUT2D eigenvalue weighted by molar-refractivity contribution is 6.31. The highest BCUT2D eigenvalue weighted by Gasteiger charge is 2.28. The van der Waals surface area contributed by atoms with E-state index in [0.717, 1.165) is 22.2 Å². The second-order valence-electron chi connectivity index (χ2n) is 6.70. The van der Waals surface area contributed by atoms with Crippen molar-refractivity contribution in [2.24, 2.45) is 0 Å². The third kappa shape index (κ3) is 3.75. The molecule has 146 valence electrons. The Labute approximate surface area is 167 Å². The lowest BCUT2D eigenvalue weighted by Gasteiger charge is -2.13. The summed E-state index contributed by atoms with van der Waals surface area (Å²) in [5, 5.41) is 5.07. The fourth-order valence-electron chi connectivity index (χ4n) is 3.31. The standard InChI is InChI=1S/C22H19N3O4/c1-14-6-2-5-9-19(14)29-11-10-25-13-15(16-7-3-4-8-18(16)25)12-17-20(26)23-22(28)24-21(17)27/h2-9,12-13H,10-11H2,1H3,(H2,23,24,26,27,28). The quantitative estimate of drug-likeness (QED) is 0.519. The Balaban J connectivity index is 1.61. The first-order valence-corrected chi connectivity index (χ1v) is 9.17. The van der Waals surface area contributed by atoms with E-state index < -0.39 is 17.8 Å². The lowest BCUT2D eigenvalue weighted by Crippen LogP contribution is -2.51. The molecule has 1 saturated heterocycles. The van der Waals surface area contributed by atoms with Gasteiger partial charge in [0.2, 0.25) is 0 Å². The normalized spacial score (nSPS) is 14.0. The first-order valence-electron chi connectivity index (χ1n) is 9.17. The number of amides is 4. The Morgan fingerprint density at radius 3 is 2.41 bits per heavy atom. The van der Waals surface area contributed by atoms with Crippen LogP contribution in [0.1, 0.15) is 11.1 Å². The molecule has 7 nitrogen and oxygen atoms in total. The number of urea groups is 1. The van der Waals surface area contributed by atoms with Gasteiger partial charge in [-0.3, -0.25) is 20.2 Å². The van der Waals surface area contributed by atoms with Crippen molar-refractivity contribution in [3.63, 3.8) is 0 Å². The number of nitrogens with one attached hydrogen (secondary N) is 2. The molecule has 1 aliphatic rings.